The van der Waals surface area contributed by atoms with Gasteiger partial charge in [-0.25, -0.2) is 9.18 Å². The molecule has 0 spiro atoms. The van der Waals surface area contributed by atoms with Crippen LogP contribution in [0.4, 0.5) is 17.6 Å². The maximum absolute atomic E-state index is 13.5. The molecule has 0 fully saturated rings. The number of carbonyl (C=O) groups is 1. The maximum atomic E-state index is 13.5. The molecule has 5 nitrogen and oxygen atoms in total. The second-order valence-electron chi connectivity index (χ2n) is 4.40. The molecule has 0 radical (unpaired) electrons. The van der Waals surface area contributed by atoms with E-state index in [0.717, 1.165) is 0 Å². The van der Waals surface area contributed by atoms with Crippen LogP contribution in [0.25, 0.3) is 0 Å². The first-order chi connectivity index (χ1) is 10.2. The molecule has 1 unspecified atom stereocenters. The van der Waals surface area contributed by atoms with E-state index in [9.17, 15) is 22.4 Å². The van der Waals surface area contributed by atoms with Gasteiger partial charge in [0, 0.05) is 6.92 Å². The number of hydrogen-bond donors (Lipinski definition) is 0. The van der Waals surface area contributed by atoms with Crippen molar-refractivity contribution in [2.24, 2.45) is 0 Å². The zero-order chi connectivity index (χ0) is 16.5. The van der Waals surface area contributed by atoms with Crippen LogP contribution >= 0.6 is 0 Å². The average molecular weight is 318 g/mol. The number of carbonyl (C=O) groups excluding carboxylic acids is 1. The maximum Gasteiger partial charge on any atom is 0.416 e. The van der Waals surface area contributed by atoms with Gasteiger partial charge in [-0.2, -0.15) is 13.2 Å². The van der Waals surface area contributed by atoms with Crippen molar-refractivity contribution in [1.29, 1.82) is 0 Å². The van der Waals surface area contributed by atoms with Gasteiger partial charge in [0.25, 0.3) is 5.89 Å². The van der Waals surface area contributed by atoms with Gasteiger partial charge in [-0.3, -0.25) is 0 Å². The molecule has 118 valence electrons. The second-order valence-corrected chi connectivity index (χ2v) is 4.40. The zero-order valence-corrected chi connectivity index (χ0v) is 11.4. The van der Waals surface area contributed by atoms with Crippen LogP contribution in [0.15, 0.2) is 22.6 Å². The van der Waals surface area contributed by atoms with Gasteiger partial charge in [0.15, 0.2) is 6.10 Å². The number of ether oxygens (including phenoxy) is 1. The van der Waals surface area contributed by atoms with Crippen molar-refractivity contribution >= 4 is 5.97 Å². The van der Waals surface area contributed by atoms with Gasteiger partial charge >= 0.3 is 12.1 Å². The summed E-state index contributed by atoms with van der Waals surface area (Å²) in [6, 6.07) is 1.49. The summed E-state index contributed by atoms with van der Waals surface area (Å²) in [5.74, 6) is -2.19. The van der Waals surface area contributed by atoms with Gasteiger partial charge in [0.2, 0.25) is 5.89 Å². The quantitative estimate of drug-likeness (QED) is 0.640. The number of alkyl halides is 3. The highest BCUT2D eigenvalue weighted by molar-refractivity contribution is 5.90. The number of esters is 1. The van der Waals surface area contributed by atoms with Crippen molar-refractivity contribution in [2.75, 3.05) is 0 Å². The minimum Gasteiger partial charge on any atom is -0.449 e. The normalized spacial score (nSPS) is 13.0. The molecular weight excluding hydrogens is 308 g/mol. The van der Waals surface area contributed by atoms with E-state index in [2.05, 4.69) is 10.2 Å². The van der Waals surface area contributed by atoms with Crippen LogP contribution in [0.3, 0.4) is 0 Å². The summed E-state index contributed by atoms with van der Waals surface area (Å²) < 4.78 is 61.2. The highest BCUT2D eigenvalue weighted by Gasteiger charge is 2.32. The van der Waals surface area contributed by atoms with Crippen LogP contribution in [0, 0.1) is 12.7 Å². The molecule has 0 N–H and O–H groups in total. The van der Waals surface area contributed by atoms with E-state index in [-0.39, 0.29) is 11.8 Å². The number of aryl methyl sites for hydroxylation is 1. The highest BCUT2D eigenvalue weighted by atomic mass is 19.4. The number of hydrogen-bond acceptors (Lipinski definition) is 5. The van der Waals surface area contributed by atoms with Gasteiger partial charge < -0.3 is 9.15 Å². The van der Waals surface area contributed by atoms with Crippen molar-refractivity contribution in [2.45, 2.75) is 26.1 Å². The fourth-order valence-corrected chi connectivity index (χ4v) is 1.61. The summed E-state index contributed by atoms with van der Waals surface area (Å²) in [4.78, 5) is 11.8. The number of nitrogens with zero attached hydrogens (tertiary/aromatic N) is 2. The lowest BCUT2D eigenvalue weighted by Crippen LogP contribution is -2.13. The average Bonchev–Trinajstić information content (AvgIpc) is 2.84. The number of halogens is 4. The smallest absolute Gasteiger partial charge is 0.416 e. The summed E-state index contributed by atoms with van der Waals surface area (Å²) in [5.41, 5.74) is -1.97. The molecule has 22 heavy (non-hydrogen) atoms. The molecule has 0 amide bonds. The van der Waals surface area contributed by atoms with Gasteiger partial charge in [-0.15, -0.1) is 10.2 Å². The van der Waals surface area contributed by atoms with Gasteiger partial charge in [-0.1, -0.05) is 0 Å². The summed E-state index contributed by atoms with van der Waals surface area (Å²) in [7, 11) is 0. The van der Waals surface area contributed by atoms with E-state index in [1.165, 1.54) is 13.8 Å². The van der Waals surface area contributed by atoms with E-state index in [4.69, 9.17) is 9.15 Å². The van der Waals surface area contributed by atoms with Crippen molar-refractivity contribution in [3.05, 3.63) is 46.9 Å². The molecule has 0 saturated carbocycles. The monoisotopic (exact) mass is 318 g/mol. The van der Waals surface area contributed by atoms with Crippen molar-refractivity contribution in [3.8, 4) is 0 Å². The van der Waals surface area contributed by atoms with E-state index >= 15 is 0 Å². The predicted octanol–water partition coefficient (Wildman–Crippen LogP) is 3.45. The lowest BCUT2D eigenvalue weighted by atomic mass is 10.1. The standard InChI is InChI=1S/C13H10F4N2O3/c1-6(11-19-18-7(2)22-11)21-12(20)9-5-8(13(15,16)17)3-4-10(9)14/h3-6H,1-2H3. The Morgan fingerprint density at radius 3 is 2.55 bits per heavy atom. The zero-order valence-electron chi connectivity index (χ0n) is 11.4. The predicted molar refractivity (Wildman–Crippen MR) is 64.3 cm³/mol. The topological polar surface area (TPSA) is 65.2 Å². The summed E-state index contributed by atoms with van der Waals surface area (Å²) in [6.07, 6.45) is -5.72. The Kier molecular flexibility index (Phi) is 4.16. The molecule has 1 heterocycles. The van der Waals surface area contributed by atoms with E-state index in [0.29, 0.717) is 18.2 Å². The SMILES string of the molecule is Cc1nnc(C(C)OC(=O)c2cc(C(F)(F)F)ccc2F)o1. The first-order valence-electron chi connectivity index (χ1n) is 6.06. The summed E-state index contributed by atoms with van der Waals surface area (Å²) in [6.45, 7) is 2.88. The van der Waals surface area contributed by atoms with Gasteiger partial charge in [0.1, 0.15) is 5.82 Å². The molecule has 0 aliphatic heterocycles. The van der Waals surface area contributed by atoms with Crippen LogP contribution in [-0.4, -0.2) is 16.2 Å². The van der Waals surface area contributed by atoms with Crippen LogP contribution in [0.2, 0.25) is 0 Å². The molecule has 2 aromatic rings. The number of rotatable bonds is 3. The lowest BCUT2D eigenvalue weighted by molar-refractivity contribution is -0.137. The Morgan fingerprint density at radius 2 is 2.00 bits per heavy atom. The fraction of sp³-hybridized carbons (Fsp3) is 0.308. The molecule has 0 bridgehead atoms. The largest absolute Gasteiger partial charge is 0.449 e. The molecular formula is C13H10F4N2O3. The van der Waals surface area contributed by atoms with Crippen LogP contribution in [-0.2, 0) is 10.9 Å². The van der Waals surface area contributed by atoms with E-state index < -0.39 is 35.2 Å². The first-order valence-corrected chi connectivity index (χ1v) is 6.06. The number of benzene rings is 1. The third-order valence-electron chi connectivity index (χ3n) is 2.69. The second kappa shape index (κ2) is 5.74. The Morgan fingerprint density at radius 1 is 1.32 bits per heavy atom. The molecule has 0 saturated heterocycles. The minimum atomic E-state index is -4.70. The molecule has 9 heteroatoms. The Balaban J connectivity index is 2.22. The summed E-state index contributed by atoms with van der Waals surface area (Å²) >= 11 is 0. The van der Waals surface area contributed by atoms with Gasteiger partial charge in [-0.05, 0) is 25.1 Å². The molecule has 2 rings (SSSR count). The van der Waals surface area contributed by atoms with Crippen LogP contribution in [0.1, 0.15) is 40.7 Å². The van der Waals surface area contributed by atoms with Gasteiger partial charge in [0.05, 0.1) is 11.1 Å². The fourth-order valence-electron chi connectivity index (χ4n) is 1.61. The third kappa shape index (κ3) is 3.41. The van der Waals surface area contributed by atoms with E-state index in [1.54, 1.807) is 0 Å². The van der Waals surface area contributed by atoms with Crippen molar-refractivity contribution in [3.63, 3.8) is 0 Å². The lowest BCUT2D eigenvalue weighted by Gasteiger charge is -2.12. The molecule has 0 aliphatic carbocycles. The Hall–Kier alpha value is -2.45. The first kappa shape index (κ1) is 15.9. The van der Waals surface area contributed by atoms with Crippen molar-refractivity contribution in [1.82, 2.24) is 10.2 Å². The Labute approximate surface area is 121 Å². The summed E-state index contributed by atoms with van der Waals surface area (Å²) in [5, 5.41) is 7.12. The van der Waals surface area contributed by atoms with Crippen molar-refractivity contribution < 1.29 is 31.5 Å². The highest BCUT2D eigenvalue weighted by Crippen LogP contribution is 2.31. The van der Waals surface area contributed by atoms with Crippen LogP contribution in [0.5, 0.6) is 0 Å². The molecule has 0 aliphatic rings. The number of aromatic nitrogens is 2. The van der Waals surface area contributed by atoms with E-state index in [1.807, 2.05) is 0 Å². The molecule has 1 atom stereocenters. The van der Waals surface area contributed by atoms with Crippen LogP contribution < -0.4 is 0 Å². The Bertz CT molecular complexity index is 697. The third-order valence-corrected chi connectivity index (χ3v) is 2.69. The molecule has 1 aromatic heterocycles. The molecule has 1 aromatic carbocycles. The minimum absolute atomic E-state index is 0.0433.